The molecule has 0 atom stereocenters. The summed E-state index contributed by atoms with van der Waals surface area (Å²) in [5.74, 6) is 0. The van der Waals surface area contributed by atoms with E-state index in [1.165, 1.54) is 0 Å². The van der Waals surface area contributed by atoms with Gasteiger partial charge in [0.2, 0.25) is 0 Å². The highest BCUT2D eigenvalue weighted by Gasteiger charge is 2.01. The van der Waals surface area contributed by atoms with E-state index in [0.717, 1.165) is 10.0 Å². The van der Waals surface area contributed by atoms with Crippen LogP contribution in [0, 0.1) is 0 Å². The van der Waals surface area contributed by atoms with Crippen LogP contribution in [0.1, 0.15) is 5.56 Å². The van der Waals surface area contributed by atoms with Gasteiger partial charge in [0.1, 0.15) is 0 Å². The van der Waals surface area contributed by atoms with Gasteiger partial charge in [0.15, 0.2) is 0 Å². The van der Waals surface area contributed by atoms with Gasteiger partial charge in [0, 0.05) is 15.1 Å². The topological polar surface area (TPSA) is 0 Å². The normalized spacial score (nSPS) is 9.73. The molecule has 0 spiro atoms. The summed E-state index contributed by atoms with van der Waals surface area (Å²) in [5, 5.41) is 1.24. The van der Waals surface area contributed by atoms with Crippen LogP contribution in [-0.4, -0.2) is 0 Å². The van der Waals surface area contributed by atoms with E-state index in [2.05, 4.69) is 22.5 Å². The highest BCUT2D eigenvalue weighted by molar-refractivity contribution is 9.15. The third-order valence-electron chi connectivity index (χ3n) is 1.22. The maximum Gasteiger partial charge on any atom is 0.0504 e. The summed E-state index contributed by atoms with van der Waals surface area (Å²) in [6.07, 6.45) is 0. The molecule has 0 aliphatic rings. The number of benzene rings is 1. The monoisotopic (exact) mass is 250 g/mol. The Morgan fingerprint density at radius 1 is 1.36 bits per heavy atom. The number of halogens is 3. The molecule has 1 rings (SSSR count). The smallest absolute Gasteiger partial charge is 0.0504 e. The quantitative estimate of drug-likeness (QED) is 0.696. The summed E-state index contributed by atoms with van der Waals surface area (Å²) in [6, 6.07) is 5.28. The Bertz CT molecular complexity index is 294. The Morgan fingerprint density at radius 2 is 2.00 bits per heavy atom. The number of hydrogen-bond donors (Lipinski definition) is 0. The summed E-state index contributed by atoms with van der Waals surface area (Å²) in [6.45, 7) is 3.71. The molecule has 0 aromatic heterocycles. The standard InChI is InChI=1S/C8H5BrCl2/c1-5(9)7-3-2-6(10)4-8(7)11/h2-4H,1H2. The lowest BCUT2D eigenvalue weighted by molar-refractivity contribution is 1.65. The van der Waals surface area contributed by atoms with Crippen LogP contribution in [-0.2, 0) is 0 Å². The van der Waals surface area contributed by atoms with Crippen molar-refractivity contribution in [2.45, 2.75) is 0 Å². The second kappa shape index (κ2) is 3.61. The molecule has 0 nitrogen and oxygen atoms in total. The first kappa shape index (κ1) is 9.11. The first-order valence-electron chi connectivity index (χ1n) is 2.91. The molecular formula is C8H5BrCl2. The van der Waals surface area contributed by atoms with Gasteiger partial charge in [-0.25, -0.2) is 0 Å². The number of rotatable bonds is 1. The van der Waals surface area contributed by atoms with E-state index in [-0.39, 0.29) is 0 Å². The minimum Gasteiger partial charge on any atom is -0.0843 e. The molecule has 0 bridgehead atoms. The van der Waals surface area contributed by atoms with Crippen LogP contribution < -0.4 is 0 Å². The van der Waals surface area contributed by atoms with Crippen molar-refractivity contribution >= 4 is 43.6 Å². The van der Waals surface area contributed by atoms with Gasteiger partial charge in [-0.1, -0.05) is 51.8 Å². The zero-order valence-corrected chi connectivity index (χ0v) is 8.67. The third-order valence-corrected chi connectivity index (χ3v) is 2.20. The van der Waals surface area contributed by atoms with Crippen molar-refractivity contribution in [3.8, 4) is 0 Å². The van der Waals surface area contributed by atoms with Gasteiger partial charge in [0.05, 0.1) is 5.02 Å². The maximum absolute atomic E-state index is 5.85. The van der Waals surface area contributed by atoms with Crippen molar-refractivity contribution in [3.63, 3.8) is 0 Å². The van der Waals surface area contributed by atoms with Gasteiger partial charge in [-0.2, -0.15) is 0 Å². The predicted octanol–water partition coefficient (Wildman–Crippen LogP) is 4.36. The first-order chi connectivity index (χ1) is 5.11. The molecule has 1 aromatic rings. The first-order valence-corrected chi connectivity index (χ1v) is 4.46. The second-order valence-electron chi connectivity index (χ2n) is 2.03. The van der Waals surface area contributed by atoms with Crippen LogP contribution >= 0.6 is 39.1 Å². The molecule has 0 heterocycles. The highest BCUT2D eigenvalue weighted by atomic mass is 79.9. The third kappa shape index (κ3) is 2.22. The van der Waals surface area contributed by atoms with Crippen LogP contribution in [0.2, 0.25) is 10.0 Å². The lowest BCUT2D eigenvalue weighted by atomic mass is 10.2. The van der Waals surface area contributed by atoms with Crippen LogP contribution in [0.3, 0.4) is 0 Å². The van der Waals surface area contributed by atoms with Crippen LogP contribution in [0.25, 0.3) is 4.48 Å². The lowest BCUT2D eigenvalue weighted by Crippen LogP contribution is -1.76. The molecule has 0 N–H and O–H groups in total. The second-order valence-corrected chi connectivity index (χ2v) is 3.83. The Balaban J connectivity index is 3.20. The minimum atomic E-state index is 0.611. The Kier molecular flexibility index (Phi) is 2.99. The van der Waals surface area contributed by atoms with Crippen LogP contribution in [0.4, 0.5) is 0 Å². The zero-order chi connectivity index (χ0) is 8.43. The van der Waals surface area contributed by atoms with Gasteiger partial charge in [-0.3, -0.25) is 0 Å². The Hall–Kier alpha value is 0.0200. The lowest BCUT2D eigenvalue weighted by Gasteiger charge is -2.00. The fourth-order valence-electron chi connectivity index (χ4n) is 0.709. The van der Waals surface area contributed by atoms with E-state index >= 15 is 0 Å². The molecule has 0 fully saturated rings. The average molecular weight is 252 g/mol. The van der Waals surface area contributed by atoms with E-state index in [1.54, 1.807) is 12.1 Å². The molecule has 58 valence electrons. The van der Waals surface area contributed by atoms with Gasteiger partial charge >= 0.3 is 0 Å². The maximum atomic E-state index is 5.85. The fourth-order valence-corrected chi connectivity index (χ4v) is 1.69. The van der Waals surface area contributed by atoms with Crippen LogP contribution in [0.15, 0.2) is 24.8 Å². The van der Waals surface area contributed by atoms with Crippen LogP contribution in [0.5, 0.6) is 0 Å². The molecule has 0 aliphatic carbocycles. The summed E-state index contributed by atoms with van der Waals surface area (Å²) in [4.78, 5) is 0. The summed E-state index contributed by atoms with van der Waals surface area (Å²) >= 11 is 14.8. The highest BCUT2D eigenvalue weighted by Crippen LogP contribution is 2.28. The molecule has 0 amide bonds. The molecule has 0 saturated heterocycles. The molecular weight excluding hydrogens is 247 g/mol. The number of hydrogen-bond acceptors (Lipinski definition) is 0. The summed E-state index contributed by atoms with van der Waals surface area (Å²) < 4.78 is 0.763. The van der Waals surface area contributed by atoms with E-state index in [0.29, 0.717) is 10.0 Å². The van der Waals surface area contributed by atoms with Crippen molar-refractivity contribution in [1.29, 1.82) is 0 Å². The summed E-state index contributed by atoms with van der Waals surface area (Å²) in [7, 11) is 0. The van der Waals surface area contributed by atoms with E-state index in [4.69, 9.17) is 23.2 Å². The SMILES string of the molecule is C=C(Br)c1ccc(Cl)cc1Cl. The molecule has 0 unspecified atom stereocenters. The van der Waals surface area contributed by atoms with Gasteiger partial charge in [-0.15, -0.1) is 0 Å². The Morgan fingerprint density at radius 3 is 2.45 bits per heavy atom. The van der Waals surface area contributed by atoms with Gasteiger partial charge in [0.25, 0.3) is 0 Å². The van der Waals surface area contributed by atoms with Crippen molar-refractivity contribution < 1.29 is 0 Å². The molecule has 11 heavy (non-hydrogen) atoms. The van der Waals surface area contributed by atoms with Gasteiger partial charge < -0.3 is 0 Å². The average Bonchev–Trinajstić information content (AvgIpc) is 1.85. The van der Waals surface area contributed by atoms with Crippen molar-refractivity contribution in [2.75, 3.05) is 0 Å². The summed E-state index contributed by atoms with van der Waals surface area (Å²) in [5.41, 5.74) is 0.871. The molecule has 0 saturated carbocycles. The molecule has 0 radical (unpaired) electrons. The molecule has 1 aromatic carbocycles. The predicted molar refractivity (Wildman–Crippen MR) is 54.4 cm³/mol. The fraction of sp³-hybridized carbons (Fsp3) is 0. The van der Waals surface area contributed by atoms with E-state index in [1.807, 2.05) is 6.07 Å². The van der Waals surface area contributed by atoms with E-state index < -0.39 is 0 Å². The van der Waals surface area contributed by atoms with Gasteiger partial charge in [-0.05, 0) is 12.1 Å². The Labute approximate surface area is 83.9 Å². The molecule has 3 heteroatoms. The van der Waals surface area contributed by atoms with Crippen molar-refractivity contribution in [2.24, 2.45) is 0 Å². The molecule has 0 aliphatic heterocycles. The minimum absolute atomic E-state index is 0.611. The zero-order valence-electron chi connectivity index (χ0n) is 5.57. The van der Waals surface area contributed by atoms with E-state index in [9.17, 15) is 0 Å². The van der Waals surface area contributed by atoms with Crippen molar-refractivity contribution in [1.82, 2.24) is 0 Å². The van der Waals surface area contributed by atoms with Crippen molar-refractivity contribution in [3.05, 3.63) is 40.4 Å². The largest absolute Gasteiger partial charge is 0.0843 e.